The van der Waals surface area contributed by atoms with Gasteiger partial charge in [-0.1, -0.05) is 24.0 Å². The predicted octanol–water partition coefficient (Wildman–Crippen LogP) is 0.982. The lowest BCUT2D eigenvalue weighted by molar-refractivity contribution is 0.540. The number of anilines is 2. The van der Waals surface area contributed by atoms with Crippen LogP contribution in [0.15, 0.2) is 4.42 Å². The molecule has 5 nitrogen and oxygen atoms in total. The molecule has 2 unspecified atom stereocenters. The van der Waals surface area contributed by atoms with Crippen molar-refractivity contribution in [3.63, 3.8) is 0 Å². The number of hydrogen-bond acceptors (Lipinski definition) is 6. The molecule has 0 amide bonds. The molecule has 1 aromatic heterocycles. The first-order valence-corrected chi connectivity index (χ1v) is 5.59. The van der Waals surface area contributed by atoms with Crippen molar-refractivity contribution in [2.24, 2.45) is 0 Å². The summed E-state index contributed by atoms with van der Waals surface area (Å²) in [6.07, 6.45) is 0. The lowest BCUT2D eigenvalue weighted by Gasteiger charge is -2.33. The number of aromatic nitrogens is 2. The van der Waals surface area contributed by atoms with Crippen LogP contribution < -0.4 is 10.6 Å². The van der Waals surface area contributed by atoms with Gasteiger partial charge in [-0.25, -0.2) is 0 Å². The van der Waals surface area contributed by atoms with Gasteiger partial charge in [0.25, 0.3) is 0 Å². The minimum absolute atomic E-state index is 0.138. The molecule has 0 aliphatic carbocycles. The van der Waals surface area contributed by atoms with Crippen LogP contribution in [0.2, 0.25) is 0 Å². The Hall–Kier alpha value is -0.910. The van der Waals surface area contributed by atoms with E-state index >= 15 is 0 Å². The van der Waals surface area contributed by atoms with Crippen LogP contribution in [0.3, 0.4) is 0 Å². The minimum Gasteiger partial charge on any atom is -0.390 e. The van der Waals surface area contributed by atoms with Crippen molar-refractivity contribution in [3.05, 3.63) is 0 Å². The molecule has 2 heterocycles. The second-order valence-corrected chi connectivity index (χ2v) is 5.47. The molecule has 2 N–H and O–H groups in total. The van der Waals surface area contributed by atoms with Gasteiger partial charge in [0.05, 0.1) is 0 Å². The Morgan fingerprint density at radius 3 is 2.50 bits per heavy atom. The Labute approximate surface area is 87.0 Å². The summed E-state index contributed by atoms with van der Waals surface area (Å²) in [7, 11) is 0. The van der Waals surface area contributed by atoms with E-state index in [4.69, 9.17) is 10.2 Å². The van der Waals surface area contributed by atoms with Crippen LogP contribution in [0.4, 0.5) is 12.0 Å². The summed E-state index contributed by atoms with van der Waals surface area (Å²) in [5.41, 5.74) is 5.38. The maximum Gasteiger partial charge on any atom is 0.319 e. The Balaban J connectivity index is 2.10. The van der Waals surface area contributed by atoms with Crippen molar-refractivity contribution in [3.8, 4) is 0 Å². The molecule has 14 heavy (non-hydrogen) atoms. The highest BCUT2D eigenvalue weighted by atomic mass is 32.2. The maximum atomic E-state index is 5.38. The summed E-state index contributed by atoms with van der Waals surface area (Å²) in [5.74, 6) is 0. The quantitative estimate of drug-likeness (QED) is 0.751. The summed E-state index contributed by atoms with van der Waals surface area (Å²) in [6.45, 7) is 6.29. The largest absolute Gasteiger partial charge is 0.390 e. The highest BCUT2D eigenvalue weighted by Crippen LogP contribution is 2.27. The van der Waals surface area contributed by atoms with Crippen molar-refractivity contribution in [2.75, 3.05) is 23.7 Å². The number of nitrogens with zero attached hydrogens (tertiary/aromatic N) is 3. The van der Waals surface area contributed by atoms with E-state index in [0.717, 1.165) is 13.1 Å². The fraction of sp³-hybridized carbons (Fsp3) is 0.750. The van der Waals surface area contributed by atoms with Crippen LogP contribution >= 0.6 is 11.8 Å². The summed E-state index contributed by atoms with van der Waals surface area (Å²) in [5, 5.41) is 8.72. The van der Waals surface area contributed by atoms with E-state index in [2.05, 4.69) is 28.9 Å². The van der Waals surface area contributed by atoms with Crippen LogP contribution in [0.5, 0.6) is 0 Å². The van der Waals surface area contributed by atoms with E-state index in [1.807, 2.05) is 11.8 Å². The summed E-state index contributed by atoms with van der Waals surface area (Å²) >= 11 is 1.98. The van der Waals surface area contributed by atoms with E-state index in [1.54, 1.807) is 0 Å². The number of nitrogens with two attached hydrogens (primary N) is 1. The second-order valence-electron chi connectivity index (χ2n) is 3.59. The third-order valence-electron chi connectivity index (χ3n) is 2.12. The predicted molar refractivity (Wildman–Crippen MR) is 57.4 cm³/mol. The fourth-order valence-corrected chi connectivity index (χ4v) is 3.01. The first-order valence-electron chi connectivity index (χ1n) is 4.64. The molecule has 1 aliphatic rings. The van der Waals surface area contributed by atoms with Crippen molar-refractivity contribution >= 4 is 23.8 Å². The van der Waals surface area contributed by atoms with Gasteiger partial charge in [-0.3, -0.25) is 0 Å². The molecule has 1 fully saturated rings. The molecule has 2 rings (SSSR count). The summed E-state index contributed by atoms with van der Waals surface area (Å²) in [4.78, 5) is 2.09. The molecule has 2 atom stereocenters. The average Bonchev–Trinajstić information content (AvgIpc) is 2.50. The molecule has 1 aromatic rings. The third-order valence-corrected chi connectivity index (χ3v) is 3.35. The molecule has 1 aliphatic heterocycles. The van der Waals surface area contributed by atoms with Gasteiger partial charge in [0.15, 0.2) is 0 Å². The summed E-state index contributed by atoms with van der Waals surface area (Å²) in [6, 6.07) is 0.681. The van der Waals surface area contributed by atoms with E-state index in [9.17, 15) is 0 Å². The van der Waals surface area contributed by atoms with Gasteiger partial charge in [-0.05, 0) is 0 Å². The first-order chi connectivity index (χ1) is 6.65. The monoisotopic (exact) mass is 214 g/mol. The number of hydrogen-bond donors (Lipinski definition) is 1. The van der Waals surface area contributed by atoms with Gasteiger partial charge in [-0.2, -0.15) is 11.8 Å². The first kappa shape index (κ1) is 9.64. The smallest absolute Gasteiger partial charge is 0.319 e. The van der Waals surface area contributed by atoms with Crippen LogP contribution in [0, 0.1) is 0 Å². The van der Waals surface area contributed by atoms with E-state index in [-0.39, 0.29) is 6.01 Å². The Bertz CT molecular complexity index is 306. The van der Waals surface area contributed by atoms with Crippen molar-refractivity contribution < 1.29 is 4.42 Å². The SMILES string of the molecule is CC1CN(c2nnc(N)o2)CC(C)S1. The third kappa shape index (κ3) is 1.95. The molecule has 1 saturated heterocycles. The van der Waals surface area contributed by atoms with Gasteiger partial charge >= 0.3 is 12.0 Å². The Kier molecular flexibility index (Phi) is 2.54. The average molecular weight is 214 g/mol. The van der Waals surface area contributed by atoms with Crippen LogP contribution in [-0.2, 0) is 0 Å². The standard InChI is InChI=1S/C8H14N4OS/c1-5-3-12(4-6(2)14-5)8-11-10-7(9)13-8/h5-6H,3-4H2,1-2H3,(H2,9,10). The number of thioether (sulfide) groups is 1. The normalized spacial score (nSPS) is 28.0. The maximum absolute atomic E-state index is 5.38. The molecular formula is C8H14N4OS. The van der Waals surface area contributed by atoms with Crippen LogP contribution in [0.25, 0.3) is 0 Å². The van der Waals surface area contributed by atoms with E-state index in [0.29, 0.717) is 16.5 Å². The van der Waals surface area contributed by atoms with Gasteiger partial charge in [0.1, 0.15) is 0 Å². The Morgan fingerprint density at radius 2 is 2.00 bits per heavy atom. The zero-order valence-corrected chi connectivity index (χ0v) is 9.12. The van der Waals surface area contributed by atoms with E-state index < -0.39 is 0 Å². The zero-order chi connectivity index (χ0) is 10.1. The zero-order valence-electron chi connectivity index (χ0n) is 8.30. The van der Waals surface area contributed by atoms with Crippen molar-refractivity contribution in [1.29, 1.82) is 0 Å². The van der Waals surface area contributed by atoms with E-state index in [1.165, 1.54) is 0 Å². The number of nitrogen functional groups attached to an aromatic ring is 1. The molecule has 0 aromatic carbocycles. The summed E-state index contributed by atoms with van der Waals surface area (Å²) < 4.78 is 5.19. The van der Waals surface area contributed by atoms with Crippen molar-refractivity contribution in [2.45, 2.75) is 24.3 Å². The molecular weight excluding hydrogens is 200 g/mol. The fourth-order valence-electron chi connectivity index (χ4n) is 1.69. The van der Waals surface area contributed by atoms with Gasteiger partial charge in [0.2, 0.25) is 0 Å². The van der Waals surface area contributed by atoms with Gasteiger partial charge in [-0.15, -0.1) is 0 Å². The molecule has 0 spiro atoms. The molecule has 0 saturated carbocycles. The minimum atomic E-state index is 0.138. The van der Waals surface area contributed by atoms with Gasteiger partial charge in [0, 0.05) is 23.6 Å². The lowest BCUT2D eigenvalue weighted by Crippen LogP contribution is -2.40. The number of rotatable bonds is 1. The second kappa shape index (κ2) is 3.68. The Morgan fingerprint density at radius 1 is 1.36 bits per heavy atom. The molecule has 78 valence electrons. The highest BCUT2D eigenvalue weighted by Gasteiger charge is 2.25. The molecule has 0 radical (unpaired) electrons. The van der Waals surface area contributed by atoms with Crippen LogP contribution in [0.1, 0.15) is 13.8 Å². The molecule has 6 heteroatoms. The topological polar surface area (TPSA) is 68.2 Å². The van der Waals surface area contributed by atoms with Crippen LogP contribution in [-0.4, -0.2) is 33.8 Å². The lowest BCUT2D eigenvalue weighted by atomic mass is 10.3. The van der Waals surface area contributed by atoms with Gasteiger partial charge < -0.3 is 15.1 Å². The van der Waals surface area contributed by atoms with Crippen molar-refractivity contribution in [1.82, 2.24) is 10.2 Å². The molecule has 0 bridgehead atoms. The highest BCUT2D eigenvalue weighted by molar-refractivity contribution is 8.00.